The van der Waals surface area contributed by atoms with Crippen LogP contribution in [0.15, 0.2) is 36.7 Å². The lowest BCUT2D eigenvalue weighted by Gasteiger charge is -2.11. The topological polar surface area (TPSA) is 65.2 Å². The smallest absolute Gasteiger partial charge is 0.258 e. The number of amides is 1. The Kier molecular flexibility index (Phi) is 2.72. The fourth-order valence-electron chi connectivity index (χ4n) is 1.40. The van der Waals surface area contributed by atoms with Crippen molar-refractivity contribution < 1.29 is 9.53 Å². The number of benzene rings is 1. The molecule has 0 bridgehead atoms. The maximum absolute atomic E-state index is 10.9. The summed E-state index contributed by atoms with van der Waals surface area (Å²) in [7, 11) is 0. The molecule has 4 heteroatoms. The van der Waals surface area contributed by atoms with E-state index >= 15 is 0 Å². The molecule has 0 saturated heterocycles. The fourth-order valence-corrected chi connectivity index (χ4v) is 1.40. The Bertz CT molecular complexity index is 525. The molecule has 0 spiro atoms. The number of rotatable bonds is 3. The predicted molar refractivity (Wildman–Crippen MR) is 61.0 cm³/mol. The largest absolute Gasteiger partial charge is 0.481 e. The van der Waals surface area contributed by atoms with Gasteiger partial charge in [-0.2, -0.15) is 0 Å². The van der Waals surface area contributed by atoms with Crippen LogP contribution in [-0.2, 0) is 4.79 Å². The van der Waals surface area contributed by atoms with Crippen LogP contribution in [0.3, 0.4) is 0 Å². The maximum atomic E-state index is 10.9. The highest BCUT2D eigenvalue weighted by atomic mass is 16.5. The van der Waals surface area contributed by atoms with Crippen LogP contribution < -0.4 is 10.5 Å². The number of aromatic nitrogens is 1. The summed E-state index contributed by atoms with van der Waals surface area (Å²) < 4.78 is 5.38. The minimum absolute atomic E-state index is 0.480. The van der Waals surface area contributed by atoms with E-state index in [1.54, 1.807) is 19.3 Å². The quantitative estimate of drug-likeness (QED) is 0.845. The molecule has 1 heterocycles. The zero-order valence-electron chi connectivity index (χ0n) is 8.88. The molecule has 0 aliphatic heterocycles. The monoisotopic (exact) mass is 216 g/mol. The molecule has 2 N–H and O–H groups in total. The van der Waals surface area contributed by atoms with Gasteiger partial charge < -0.3 is 10.5 Å². The van der Waals surface area contributed by atoms with Gasteiger partial charge >= 0.3 is 0 Å². The van der Waals surface area contributed by atoms with Crippen molar-refractivity contribution in [3.05, 3.63) is 36.7 Å². The predicted octanol–water partition coefficient (Wildman–Crippen LogP) is 1.49. The molecule has 2 aromatic rings. The van der Waals surface area contributed by atoms with E-state index in [2.05, 4.69) is 4.98 Å². The van der Waals surface area contributed by atoms with Crippen LogP contribution in [-0.4, -0.2) is 17.0 Å². The van der Waals surface area contributed by atoms with E-state index in [9.17, 15) is 4.79 Å². The van der Waals surface area contributed by atoms with Gasteiger partial charge in [-0.15, -0.1) is 0 Å². The number of nitrogens with zero attached hydrogens (tertiary/aromatic N) is 1. The Morgan fingerprint density at radius 1 is 1.38 bits per heavy atom. The average Bonchev–Trinajstić information content (AvgIpc) is 2.28. The zero-order chi connectivity index (χ0) is 11.5. The number of nitrogens with two attached hydrogens (primary N) is 1. The van der Waals surface area contributed by atoms with Gasteiger partial charge in [-0.05, 0) is 30.5 Å². The van der Waals surface area contributed by atoms with E-state index in [1.807, 2.05) is 24.3 Å². The van der Waals surface area contributed by atoms with Gasteiger partial charge in [-0.25, -0.2) is 0 Å². The second-order valence-corrected chi connectivity index (χ2v) is 3.55. The summed E-state index contributed by atoms with van der Waals surface area (Å²) in [5.41, 5.74) is 5.12. The molecule has 1 aromatic carbocycles. The number of hydrogen-bond acceptors (Lipinski definition) is 3. The number of fused-ring (bicyclic) bond motifs is 1. The number of pyridine rings is 1. The van der Waals surface area contributed by atoms with Crippen molar-refractivity contribution in [2.45, 2.75) is 13.0 Å². The molecule has 82 valence electrons. The highest BCUT2D eigenvalue weighted by molar-refractivity contribution is 5.83. The zero-order valence-corrected chi connectivity index (χ0v) is 8.88. The van der Waals surface area contributed by atoms with Crippen LogP contribution in [0.5, 0.6) is 5.75 Å². The second kappa shape index (κ2) is 4.18. The van der Waals surface area contributed by atoms with E-state index in [4.69, 9.17) is 10.5 Å². The first-order chi connectivity index (χ1) is 7.66. The SMILES string of the molecule is CC(Oc1ccc2ccncc2c1)C(N)=O. The number of hydrogen-bond donors (Lipinski definition) is 1. The molecule has 0 radical (unpaired) electrons. The van der Waals surface area contributed by atoms with Gasteiger partial charge in [0.1, 0.15) is 5.75 Å². The molecule has 2 rings (SSSR count). The Labute approximate surface area is 93.0 Å². The highest BCUT2D eigenvalue weighted by Crippen LogP contribution is 2.20. The molecule has 1 unspecified atom stereocenters. The number of primary amides is 1. The average molecular weight is 216 g/mol. The molecule has 0 fully saturated rings. The number of carbonyl (C=O) groups is 1. The number of ether oxygens (including phenoxy) is 1. The number of carbonyl (C=O) groups excluding carboxylic acids is 1. The van der Waals surface area contributed by atoms with Crippen molar-refractivity contribution in [3.8, 4) is 5.75 Å². The molecule has 16 heavy (non-hydrogen) atoms. The molecule has 0 aliphatic rings. The van der Waals surface area contributed by atoms with Crippen LogP contribution >= 0.6 is 0 Å². The maximum Gasteiger partial charge on any atom is 0.258 e. The Morgan fingerprint density at radius 2 is 2.19 bits per heavy atom. The lowest BCUT2D eigenvalue weighted by molar-refractivity contribution is -0.123. The van der Waals surface area contributed by atoms with E-state index in [-0.39, 0.29) is 0 Å². The van der Waals surface area contributed by atoms with Gasteiger partial charge in [0.2, 0.25) is 0 Å². The van der Waals surface area contributed by atoms with E-state index in [0.29, 0.717) is 5.75 Å². The summed E-state index contributed by atoms with van der Waals surface area (Å²) >= 11 is 0. The van der Waals surface area contributed by atoms with Crippen LogP contribution in [0.1, 0.15) is 6.92 Å². The van der Waals surface area contributed by atoms with Gasteiger partial charge in [0, 0.05) is 17.8 Å². The van der Waals surface area contributed by atoms with Crippen molar-refractivity contribution in [1.29, 1.82) is 0 Å². The van der Waals surface area contributed by atoms with Gasteiger partial charge in [-0.1, -0.05) is 6.07 Å². The van der Waals surface area contributed by atoms with Crippen LogP contribution in [0, 0.1) is 0 Å². The molecular formula is C12H12N2O2. The van der Waals surface area contributed by atoms with Crippen molar-refractivity contribution in [2.75, 3.05) is 0 Å². The third kappa shape index (κ3) is 2.11. The third-order valence-corrected chi connectivity index (χ3v) is 2.33. The molecule has 1 atom stereocenters. The van der Waals surface area contributed by atoms with Crippen molar-refractivity contribution in [1.82, 2.24) is 4.98 Å². The molecule has 4 nitrogen and oxygen atoms in total. The summed E-state index contributed by atoms with van der Waals surface area (Å²) in [5.74, 6) is 0.137. The summed E-state index contributed by atoms with van der Waals surface area (Å²) in [4.78, 5) is 14.9. The molecule has 1 aromatic heterocycles. The second-order valence-electron chi connectivity index (χ2n) is 3.55. The van der Waals surface area contributed by atoms with Gasteiger partial charge in [0.15, 0.2) is 6.10 Å². The Balaban J connectivity index is 2.29. The lowest BCUT2D eigenvalue weighted by Crippen LogP contribution is -2.30. The van der Waals surface area contributed by atoms with Gasteiger partial charge in [0.05, 0.1) is 0 Å². The Hall–Kier alpha value is -2.10. The first-order valence-corrected chi connectivity index (χ1v) is 4.96. The molecule has 0 aliphatic carbocycles. The standard InChI is InChI=1S/C12H12N2O2/c1-8(12(13)15)16-11-3-2-9-4-5-14-7-10(9)6-11/h2-8H,1H3,(H2,13,15). The summed E-state index contributed by atoms with van der Waals surface area (Å²) in [5, 5.41) is 2.05. The van der Waals surface area contributed by atoms with Crippen molar-refractivity contribution in [2.24, 2.45) is 5.73 Å². The van der Waals surface area contributed by atoms with Crippen molar-refractivity contribution >= 4 is 16.7 Å². The van der Waals surface area contributed by atoms with Crippen LogP contribution in [0.2, 0.25) is 0 Å². The Morgan fingerprint density at radius 3 is 2.94 bits per heavy atom. The summed E-state index contributed by atoms with van der Waals surface area (Å²) in [6.07, 6.45) is 2.85. The minimum Gasteiger partial charge on any atom is -0.481 e. The summed E-state index contributed by atoms with van der Waals surface area (Å²) in [6.45, 7) is 1.62. The van der Waals surface area contributed by atoms with Gasteiger partial charge in [-0.3, -0.25) is 9.78 Å². The summed E-state index contributed by atoms with van der Waals surface area (Å²) in [6, 6.07) is 7.47. The first-order valence-electron chi connectivity index (χ1n) is 4.96. The molecular weight excluding hydrogens is 204 g/mol. The van der Waals surface area contributed by atoms with E-state index < -0.39 is 12.0 Å². The molecule has 0 saturated carbocycles. The highest BCUT2D eigenvalue weighted by Gasteiger charge is 2.10. The lowest BCUT2D eigenvalue weighted by atomic mass is 10.2. The normalized spacial score (nSPS) is 12.3. The van der Waals surface area contributed by atoms with Crippen LogP contribution in [0.4, 0.5) is 0 Å². The third-order valence-electron chi connectivity index (χ3n) is 2.33. The van der Waals surface area contributed by atoms with E-state index in [1.165, 1.54) is 0 Å². The van der Waals surface area contributed by atoms with E-state index in [0.717, 1.165) is 10.8 Å². The fraction of sp³-hybridized carbons (Fsp3) is 0.167. The van der Waals surface area contributed by atoms with Gasteiger partial charge in [0.25, 0.3) is 5.91 Å². The molecule has 1 amide bonds. The first kappa shape index (κ1) is 10.4. The minimum atomic E-state index is -0.630. The van der Waals surface area contributed by atoms with Crippen molar-refractivity contribution in [3.63, 3.8) is 0 Å². The van der Waals surface area contributed by atoms with Crippen LogP contribution in [0.25, 0.3) is 10.8 Å².